The Kier molecular flexibility index (Phi) is 6.95. The van der Waals surface area contributed by atoms with Crippen molar-refractivity contribution < 1.29 is 5.11 Å². The summed E-state index contributed by atoms with van der Waals surface area (Å²) < 4.78 is 2.42. The number of nitrogens with zero attached hydrogens (tertiary/aromatic N) is 4. The van der Waals surface area contributed by atoms with Gasteiger partial charge in [-0.2, -0.15) is 0 Å². The lowest BCUT2D eigenvalue weighted by Crippen LogP contribution is -2.42. The predicted molar refractivity (Wildman–Crippen MR) is 118 cm³/mol. The van der Waals surface area contributed by atoms with Crippen LogP contribution in [0.25, 0.3) is 0 Å². The molecule has 1 aromatic carbocycles. The number of benzene rings is 1. The van der Waals surface area contributed by atoms with Crippen molar-refractivity contribution in [2.24, 2.45) is 4.99 Å². The van der Waals surface area contributed by atoms with E-state index in [0.717, 1.165) is 17.7 Å². The minimum absolute atomic E-state index is 0.0120. The summed E-state index contributed by atoms with van der Waals surface area (Å²) in [6.45, 7) is 4.39. The third-order valence-corrected chi connectivity index (χ3v) is 4.84. The Morgan fingerprint density at radius 3 is 2.50 bits per heavy atom. The van der Waals surface area contributed by atoms with Crippen LogP contribution in [0.15, 0.2) is 63.1 Å². The number of aliphatic imine (C=N–C) groups is 1. The fourth-order valence-corrected chi connectivity index (χ4v) is 3.15. The van der Waals surface area contributed by atoms with Crippen LogP contribution in [0.2, 0.25) is 0 Å². The third kappa shape index (κ3) is 4.92. The van der Waals surface area contributed by atoms with Crippen LogP contribution >= 0.6 is 0 Å². The fourth-order valence-electron chi connectivity index (χ4n) is 3.15. The molecule has 3 rings (SSSR count). The normalized spacial score (nSPS) is 11.3. The Morgan fingerprint density at radius 2 is 1.80 bits per heavy atom. The summed E-state index contributed by atoms with van der Waals surface area (Å²) in [6.07, 6.45) is 3.39. The summed E-state index contributed by atoms with van der Waals surface area (Å²) in [6, 6.07) is 15.0. The molecule has 1 N–H and O–H groups in total. The topological polar surface area (TPSA) is 89.5 Å². The van der Waals surface area contributed by atoms with Gasteiger partial charge in [0.25, 0.3) is 5.56 Å². The minimum atomic E-state index is -0.558. The van der Waals surface area contributed by atoms with Gasteiger partial charge < -0.3 is 5.11 Å². The molecule has 0 aliphatic rings. The highest BCUT2D eigenvalue weighted by atomic mass is 16.3. The second kappa shape index (κ2) is 9.82. The molecule has 0 radical (unpaired) electrons. The van der Waals surface area contributed by atoms with Crippen LogP contribution in [0.4, 0.5) is 5.82 Å². The predicted octanol–water partition coefficient (Wildman–Crippen LogP) is 3.21. The molecule has 156 valence electrons. The van der Waals surface area contributed by atoms with Crippen LogP contribution in [0, 0.1) is 6.92 Å². The number of pyridine rings is 1. The number of hydrogen-bond acceptors (Lipinski definition) is 5. The molecular weight excluding hydrogens is 380 g/mol. The standard InChI is InChI=1S/C23H26N4O3/c1-3-4-14-26-21(28)19(16-24-20-12-8-9-17(2)25-20)22(29)27(23(26)30)15-13-18-10-6-5-7-11-18/h5-12,16,28H,3-4,13-15H2,1-2H3/b24-16+. The van der Waals surface area contributed by atoms with E-state index >= 15 is 0 Å². The van der Waals surface area contributed by atoms with E-state index in [-0.39, 0.29) is 18.0 Å². The lowest BCUT2D eigenvalue weighted by molar-refractivity contribution is 0.382. The summed E-state index contributed by atoms with van der Waals surface area (Å²) in [5.41, 5.74) is 0.741. The highest BCUT2D eigenvalue weighted by Gasteiger charge is 2.17. The highest BCUT2D eigenvalue weighted by Crippen LogP contribution is 2.13. The summed E-state index contributed by atoms with van der Waals surface area (Å²) in [4.78, 5) is 34.5. The zero-order valence-electron chi connectivity index (χ0n) is 17.3. The van der Waals surface area contributed by atoms with E-state index in [2.05, 4.69) is 9.98 Å². The summed E-state index contributed by atoms with van der Waals surface area (Å²) >= 11 is 0. The lowest BCUT2D eigenvalue weighted by atomic mass is 10.1. The molecule has 2 aromatic heterocycles. The minimum Gasteiger partial charge on any atom is -0.494 e. The first-order chi connectivity index (χ1) is 14.5. The molecule has 2 heterocycles. The number of aryl methyl sites for hydroxylation is 2. The fraction of sp³-hybridized carbons (Fsp3) is 0.304. The molecule has 0 aliphatic carbocycles. The van der Waals surface area contributed by atoms with E-state index in [1.54, 1.807) is 6.07 Å². The Hall–Kier alpha value is -3.48. The summed E-state index contributed by atoms with van der Waals surface area (Å²) in [5, 5.41) is 10.7. The first-order valence-electron chi connectivity index (χ1n) is 10.1. The van der Waals surface area contributed by atoms with E-state index in [4.69, 9.17) is 0 Å². The van der Waals surface area contributed by atoms with Crippen LogP contribution < -0.4 is 11.2 Å². The van der Waals surface area contributed by atoms with Crippen LogP contribution in [-0.4, -0.2) is 25.4 Å². The first-order valence-corrected chi connectivity index (χ1v) is 10.1. The van der Waals surface area contributed by atoms with Gasteiger partial charge in [-0.25, -0.2) is 14.8 Å². The summed E-state index contributed by atoms with van der Waals surface area (Å²) in [7, 11) is 0. The Bertz CT molecular complexity index is 1150. The SMILES string of the molecule is CCCCn1c(O)c(/C=N/c2cccc(C)n2)c(=O)n(CCc2ccccc2)c1=O. The van der Waals surface area contributed by atoms with Crippen molar-refractivity contribution in [3.63, 3.8) is 0 Å². The van der Waals surface area contributed by atoms with Crippen LogP contribution in [0.1, 0.15) is 36.6 Å². The molecule has 0 amide bonds. The van der Waals surface area contributed by atoms with E-state index in [9.17, 15) is 14.7 Å². The van der Waals surface area contributed by atoms with Gasteiger partial charge in [-0.3, -0.25) is 13.9 Å². The second-order valence-electron chi connectivity index (χ2n) is 7.11. The molecule has 30 heavy (non-hydrogen) atoms. The van der Waals surface area contributed by atoms with Gasteiger partial charge in [0, 0.05) is 25.0 Å². The van der Waals surface area contributed by atoms with Gasteiger partial charge in [0.05, 0.1) is 0 Å². The quantitative estimate of drug-likeness (QED) is 0.582. The molecular formula is C23H26N4O3. The van der Waals surface area contributed by atoms with Gasteiger partial charge in [-0.1, -0.05) is 49.7 Å². The van der Waals surface area contributed by atoms with Crippen LogP contribution in [0.3, 0.4) is 0 Å². The molecule has 0 bridgehead atoms. The number of aromatic nitrogens is 3. The zero-order valence-corrected chi connectivity index (χ0v) is 17.3. The smallest absolute Gasteiger partial charge is 0.333 e. The van der Waals surface area contributed by atoms with Gasteiger partial charge in [0.15, 0.2) is 5.82 Å². The van der Waals surface area contributed by atoms with E-state index < -0.39 is 11.2 Å². The Labute approximate surface area is 175 Å². The van der Waals surface area contributed by atoms with E-state index in [1.165, 1.54) is 15.3 Å². The maximum atomic E-state index is 13.0. The van der Waals surface area contributed by atoms with Gasteiger partial charge >= 0.3 is 5.69 Å². The third-order valence-electron chi connectivity index (χ3n) is 4.84. The van der Waals surface area contributed by atoms with Crippen molar-refractivity contribution in [1.29, 1.82) is 0 Å². The molecule has 0 saturated heterocycles. The molecule has 0 fully saturated rings. The molecule has 7 nitrogen and oxygen atoms in total. The molecule has 0 aliphatic heterocycles. The van der Waals surface area contributed by atoms with Gasteiger partial charge in [0.1, 0.15) is 5.56 Å². The number of unbranched alkanes of at least 4 members (excludes halogenated alkanes) is 1. The Balaban J connectivity index is 2.03. The van der Waals surface area contributed by atoms with Crippen LogP contribution in [-0.2, 0) is 19.5 Å². The maximum Gasteiger partial charge on any atom is 0.333 e. The van der Waals surface area contributed by atoms with E-state index in [0.29, 0.717) is 25.2 Å². The van der Waals surface area contributed by atoms with Gasteiger partial charge in [-0.05, 0) is 37.5 Å². The largest absolute Gasteiger partial charge is 0.494 e. The van der Waals surface area contributed by atoms with Crippen molar-refractivity contribution in [1.82, 2.24) is 14.1 Å². The zero-order chi connectivity index (χ0) is 21.5. The molecule has 0 saturated carbocycles. The van der Waals surface area contributed by atoms with Crippen molar-refractivity contribution in [3.05, 3.63) is 86.2 Å². The monoisotopic (exact) mass is 406 g/mol. The van der Waals surface area contributed by atoms with Gasteiger partial charge in [-0.15, -0.1) is 0 Å². The molecule has 0 unspecified atom stereocenters. The average Bonchev–Trinajstić information content (AvgIpc) is 2.74. The average molecular weight is 406 g/mol. The van der Waals surface area contributed by atoms with Crippen molar-refractivity contribution in [2.75, 3.05) is 0 Å². The second-order valence-corrected chi connectivity index (χ2v) is 7.11. The lowest BCUT2D eigenvalue weighted by Gasteiger charge is -2.14. The molecule has 7 heteroatoms. The van der Waals surface area contributed by atoms with E-state index in [1.807, 2.05) is 56.3 Å². The first kappa shape index (κ1) is 21.2. The Morgan fingerprint density at radius 1 is 1.03 bits per heavy atom. The van der Waals surface area contributed by atoms with Gasteiger partial charge in [0.2, 0.25) is 5.88 Å². The number of aromatic hydroxyl groups is 1. The summed E-state index contributed by atoms with van der Waals surface area (Å²) in [5.74, 6) is 0.0711. The highest BCUT2D eigenvalue weighted by molar-refractivity contribution is 5.83. The molecule has 0 atom stereocenters. The molecule has 3 aromatic rings. The molecule has 0 spiro atoms. The van der Waals surface area contributed by atoms with Crippen molar-refractivity contribution in [3.8, 4) is 5.88 Å². The van der Waals surface area contributed by atoms with Crippen LogP contribution in [0.5, 0.6) is 5.88 Å². The number of rotatable bonds is 8. The maximum absolute atomic E-state index is 13.0. The van der Waals surface area contributed by atoms with Crippen molar-refractivity contribution >= 4 is 12.0 Å². The van der Waals surface area contributed by atoms with Crippen molar-refractivity contribution in [2.45, 2.75) is 46.2 Å². The number of hydrogen-bond donors (Lipinski definition) is 1.